The van der Waals surface area contributed by atoms with Gasteiger partial charge in [-0.1, -0.05) is 0 Å². The molecule has 1 aromatic carbocycles. The van der Waals surface area contributed by atoms with Gasteiger partial charge in [0.1, 0.15) is 11.9 Å². The number of anilines is 1. The highest BCUT2D eigenvalue weighted by Gasteiger charge is 2.22. The summed E-state index contributed by atoms with van der Waals surface area (Å²) in [5, 5.41) is 12.2. The summed E-state index contributed by atoms with van der Waals surface area (Å²) in [6.07, 6.45) is 2.13. The lowest BCUT2D eigenvalue weighted by Gasteiger charge is -2.35. The van der Waals surface area contributed by atoms with Crippen molar-refractivity contribution in [3.63, 3.8) is 0 Å². The molecule has 96 valence electrons. The van der Waals surface area contributed by atoms with Gasteiger partial charge in [0.15, 0.2) is 0 Å². The van der Waals surface area contributed by atoms with Crippen LogP contribution in [0.2, 0.25) is 0 Å². The molecule has 0 spiro atoms. The minimum absolute atomic E-state index is 0.0981. The van der Waals surface area contributed by atoms with Crippen LogP contribution in [0.1, 0.15) is 25.3 Å². The average Bonchev–Trinajstić information content (AvgIpc) is 2.36. The van der Waals surface area contributed by atoms with Crippen molar-refractivity contribution in [2.75, 3.05) is 18.9 Å². The van der Waals surface area contributed by atoms with E-state index in [0.29, 0.717) is 12.1 Å². The fourth-order valence-electron chi connectivity index (χ4n) is 2.36. The normalized spacial score (nSPS) is 24.6. The van der Waals surface area contributed by atoms with Gasteiger partial charge in [-0.3, -0.25) is 0 Å². The second-order valence-electron chi connectivity index (χ2n) is 5.00. The number of nitrogens with one attached hydrogen (secondary N) is 1. The highest BCUT2D eigenvalue weighted by atomic mass is 19.1. The van der Waals surface area contributed by atoms with Gasteiger partial charge in [0.25, 0.3) is 0 Å². The van der Waals surface area contributed by atoms with Gasteiger partial charge >= 0.3 is 0 Å². The first-order valence-corrected chi connectivity index (χ1v) is 6.26. The molecule has 1 aromatic rings. The molecule has 1 N–H and O–H groups in total. The maximum absolute atomic E-state index is 13.2. The van der Waals surface area contributed by atoms with Crippen molar-refractivity contribution in [1.82, 2.24) is 4.90 Å². The third kappa shape index (κ3) is 2.80. The third-order valence-electron chi connectivity index (χ3n) is 3.67. The van der Waals surface area contributed by atoms with Gasteiger partial charge < -0.3 is 10.2 Å². The number of benzene rings is 1. The lowest BCUT2D eigenvalue weighted by molar-refractivity contribution is 0.190. The lowest BCUT2D eigenvalue weighted by Crippen LogP contribution is -2.42. The van der Waals surface area contributed by atoms with Crippen molar-refractivity contribution in [1.29, 1.82) is 5.26 Å². The second kappa shape index (κ2) is 5.36. The van der Waals surface area contributed by atoms with E-state index in [2.05, 4.69) is 24.2 Å². The molecule has 2 unspecified atom stereocenters. The number of hydrogen-bond donors (Lipinski definition) is 1. The Morgan fingerprint density at radius 3 is 2.94 bits per heavy atom. The number of halogens is 1. The van der Waals surface area contributed by atoms with Crippen LogP contribution in [0, 0.1) is 17.1 Å². The van der Waals surface area contributed by atoms with Crippen LogP contribution in [0.3, 0.4) is 0 Å². The molecule has 1 saturated heterocycles. The van der Waals surface area contributed by atoms with Crippen LogP contribution in [-0.2, 0) is 0 Å². The van der Waals surface area contributed by atoms with Crippen LogP contribution in [0.15, 0.2) is 18.2 Å². The van der Waals surface area contributed by atoms with Crippen LogP contribution in [-0.4, -0.2) is 30.6 Å². The van der Waals surface area contributed by atoms with Gasteiger partial charge in [0.05, 0.1) is 5.56 Å². The predicted octanol–water partition coefficient (Wildman–Crippen LogP) is 2.59. The molecule has 18 heavy (non-hydrogen) atoms. The Labute approximate surface area is 107 Å². The number of likely N-dealkylation sites (tertiary alicyclic amines) is 1. The monoisotopic (exact) mass is 247 g/mol. The van der Waals surface area contributed by atoms with Crippen molar-refractivity contribution >= 4 is 5.69 Å². The molecular weight excluding hydrogens is 229 g/mol. The zero-order chi connectivity index (χ0) is 13.1. The zero-order valence-corrected chi connectivity index (χ0v) is 10.8. The summed E-state index contributed by atoms with van der Waals surface area (Å²) in [6, 6.07) is 7.43. The average molecular weight is 247 g/mol. The van der Waals surface area contributed by atoms with E-state index in [9.17, 15) is 4.39 Å². The Kier molecular flexibility index (Phi) is 3.83. The number of piperidine rings is 1. The molecule has 0 aromatic heterocycles. The summed E-state index contributed by atoms with van der Waals surface area (Å²) in [4.78, 5) is 2.34. The van der Waals surface area contributed by atoms with E-state index in [4.69, 9.17) is 5.26 Å². The quantitative estimate of drug-likeness (QED) is 0.873. The molecule has 0 radical (unpaired) electrons. The third-order valence-corrected chi connectivity index (χ3v) is 3.67. The Bertz CT molecular complexity index is 467. The van der Waals surface area contributed by atoms with Gasteiger partial charge in [0, 0.05) is 24.3 Å². The molecule has 1 aliphatic rings. The summed E-state index contributed by atoms with van der Waals surface area (Å²) in [5.41, 5.74) is 0.927. The van der Waals surface area contributed by atoms with Gasteiger partial charge in [-0.25, -0.2) is 4.39 Å². The molecule has 2 rings (SSSR count). The molecule has 0 bridgehead atoms. The summed E-state index contributed by atoms with van der Waals surface area (Å²) in [6.45, 7) is 3.27. The van der Waals surface area contributed by atoms with Gasteiger partial charge in [-0.05, 0) is 45.0 Å². The predicted molar refractivity (Wildman–Crippen MR) is 69.9 cm³/mol. The van der Waals surface area contributed by atoms with E-state index in [-0.39, 0.29) is 5.56 Å². The zero-order valence-electron chi connectivity index (χ0n) is 10.8. The first kappa shape index (κ1) is 12.8. The molecule has 4 heteroatoms. The van der Waals surface area contributed by atoms with Crippen molar-refractivity contribution in [2.24, 2.45) is 0 Å². The maximum Gasteiger partial charge on any atom is 0.141 e. The van der Waals surface area contributed by atoms with E-state index in [0.717, 1.165) is 25.1 Å². The van der Waals surface area contributed by atoms with E-state index in [1.54, 1.807) is 12.1 Å². The Balaban J connectivity index is 2.04. The number of hydrogen-bond acceptors (Lipinski definition) is 3. The number of nitrogens with zero attached hydrogens (tertiary/aromatic N) is 2. The van der Waals surface area contributed by atoms with Crippen LogP contribution < -0.4 is 5.32 Å². The minimum atomic E-state index is -0.459. The smallest absolute Gasteiger partial charge is 0.141 e. The first-order chi connectivity index (χ1) is 8.60. The van der Waals surface area contributed by atoms with E-state index in [1.807, 2.05) is 6.07 Å². The Hall–Kier alpha value is -1.60. The van der Waals surface area contributed by atoms with Gasteiger partial charge in [-0.15, -0.1) is 0 Å². The van der Waals surface area contributed by atoms with E-state index >= 15 is 0 Å². The number of nitriles is 1. The van der Waals surface area contributed by atoms with Gasteiger partial charge in [-0.2, -0.15) is 5.26 Å². The summed E-state index contributed by atoms with van der Waals surface area (Å²) < 4.78 is 13.2. The number of rotatable bonds is 2. The molecule has 1 fully saturated rings. The van der Waals surface area contributed by atoms with E-state index in [1.165, 1.54) is 6.07 Å². The molecule has 0 saturated carbocycles. The van der Waals surface area contributed by atoms with Crippen molar-refractivity contribution < 1.29 is 4.39 Å². The molecule has 3 nitrogen and oxygen atoms in total. The highest BCUT2D eigenvalue weighted by molar-refractivity contribution is 5.50. The standard InChI is InChI=1S/C14H18FN3/c1-10-7-13(5-6-18(10)2)17-12-3-4-14(15)11(8-12)9-16/h3-4,8,10,13,17H,5-7H2,1-2H3. The highest BCUT2D eigenvalue weighted by Crippen LogP contribution is 2.21. The van der Waals surface area contributed by atoms with Crippen LogP contribution in [0.25, 0.3) is 0 Å². The maximum atomic E-state index is 13.2. The van der Waals surface area contributed by atoms with Crippen molar-refractivity contribution in [3.05, 3.63) is 29.6 Å². The van der Waals surface area contributed by atoms with Crippen LogP contribution in [0.5, 0.6) is 0 Å². The topological polar surface area (TPSA) is 39.1 Å². The minimum Gasteiger partial charge on any atom is -0.382 e. The van der Waals surface area contributed by atoms with Crippen LogP contribution >= 0.6 is 0 Å². The molecule has 0 amide bonds. The Morgan fingerprint density at radius 2 is 2.28 bits per heavy atom. The lowest BCUT2D eigenvalue weighted by atomic mass is 9.98. The second-order valence-corrected chi connectivity index (χ2v) is 5.00. The molecule has 2 atom stereocenters. The summed E-state index contributed by atoms with van der Waals surface area (Å²) in [5.74, 6) is -0.459. The van der Waals surface area contributed by atoms with Gasteiger partial charge in [0.2, 0.25) is 0 Å². The van der Waals surface area contributed by atoms with Crippen molar-refractivity contribution in [3.8, 4) is 6.07 Å². The van der Waals surface area contributed by atoms with Crippen molar-refractivity contribution in [2.45, 2.75) is 31.8 Å². The molecular formula is C14H18FN3. The fraction of sp³-hybridized carbons (Fsp3) is 0.500. The largest absolute Gasteiger partial charge is 0.382 e. The van der Waals surface area contributed by atoms with E-state index < -0.39 is 5.82 Å². The fourth-order valence-corrected chi connectivity index (χ4v) is 2.36. The SMILES string of the molecule is CC1CC(Nc2ccc(F)c(C#N)c2)CCN1C. The summed E-state index contributed by atoms with van der Waals surface area (Å²) in [7, 11) is 2.13. The Morgan fingerprint density at radius 1 is 1.50 bits per heavy atom. The summed E-state index contributed by atoms with van der Waals surface area (Å²) >= 11 is 0. The molecule has 1 heterocycles. The molecule has 0 aliphatic carbocycles. The molecule has 1 aliphatic heterocycles. The first-order valence-electron chi connectivity index (χ1n) is 6.26. The van der Waals surface area contributed by atoms with Crippen LogP contribution in [0.4, 0.5) is 10.1 Å².